The summed E-state index contributed by atoms with van der Waals surface area (Å²) in [6.45, 7) is 0. The summed E-state index contributed by atoms with van der Waals surface area (Å²) in [4.78, 5) is 12.4. The lowest BCUT2D eigenvalue weighted by Crippen LogP contribution is -2.03. The molecule has 0 unspecified atom stereocenters. The van der Waals surface area contributed by atoms with Gasteiger partial charge in [0.25, 0.3) is 0 Å². The minimum Gasteiger partial charge on any atom is -0.506 e. The summed E-state index contributed by atoms with van der Waals surface area (Å²) in [5, 5.41) is 9.10. The number of phenolic OH excluding ortho intramolecular Hbond substituents is 1. The molecule has 0 atom stereocenters. The molecule has 0 aliphatic carbocycles. The number of hydrogen-bond donors (Lipinski definition) is 1. The van der Waals surface area contributed by atoms with E-state index in [4.69, 9.17) is 11.6 Å². The fourth-order valence-electron chi connectivity index (χ4n) is 1.31. The van der Waals surface area contributed by atoms with Gasteiger partial charge in [-0.3, -0.25) is 4.79 Å². The van der Waals surface area contributed by atoms with Crippen LogP contribution in [-0.2, 0) is 0 Å². The molecule has 1 heterocycles. The summed E-state index contributed by atoms with van der Waals surface area (Å²) in [7, 11) is 0. The normalized spacial score (nSPS) is 10.5. The van der Waals surface area contributed by atoms with E-state index in [2.05, 4.69) is 15.9 Å². The van der Waals surface area contributed by atoms with Crippen LogP contribution < -0.4 is 0 Å². The minimum absolute atomic E-state index is 0.264. The smallest absolute Gasteiger partial charge is 0.207 e. The van der Waals surface area contributed by atoms with Crippen LogP contribution in [-0.4, -0.2) is 10.9 Å². The SMILES string of the molecule is O=C(c1ccc(Br)s1)c1c(F)ccc(O)c1Cl. The molecule has 6 heteroatoms. The monoisotopic (exact) mass is 334 g/mol. The molecule has 2 rings (SSSR count). The van der Waals surface area contributed by atoms with E-state index in [1.807, 2.05) is 0 Å². The number of thiophene rings is 1. The lowest BCUT2D eigenvalue weighted by atomic mass is 10.1. The number of carbonyl (C=O) groups excluding carboxylic acids is 1. The lowest BCUT2D eigenvalue weighted by Gasteiger charge is -2.05. The molecule has 1 aromatic heterocycles. The van der Waals surface area contributed by atoms with Gasteiger partial charge in [0.1, 0.15) is 11.6 Å². The van der Waals surface area contributed by atoms with Crippen molar-refractivity contribution in [3.8, 4) is 5.75 Å². The molecule has 0 aliphatic rings. The Morgan fingerprint density at radius 3 is 2.65 bits per heavy atom. The zero-order chi connectivity index (χ0) is 12.6. The van der Waals surface area contributed by atoms with E-state index in [0.29, 0.717) is 4.88 Å². The molecular weight excluding hydrogens is 331 g/mol. The summed E-state index contributed by atoms with van der Waals surface area (Å²) in [6, 6.07) is 5.37. The first-order valence-electron chi connectivity index (χ1n) is 4.47. The molecule has 0 bridgehead atoms. The highest BCUT2D eigenvalue weighted by Crippen LogP contribution is 2.33. The van der Waals surface area contributed by atoms with E-state index >= 15 is 0 Å². The van der Waals surface area contributed by atoms with E-state index in [9.17, 15) is 14.3 Å². The Labute approximate surface area is 114 Å². The second-order valence-corrected chi connectivity index (χ2v) is 6.03. The molecule has 17 heavy (non-hydrogen) atoms. The molecule has 2 aromatic rings. The van der Waals surface area contributed by atoms with Crippen molar-refractivity contribution in [2.75, 3.05) is 0 Å². The first-order valence-corrected chi connectivity index (χ1v) is 6.46. The molecule has 0 radical (unpaired) electrons. The van der Waals surface area contributed by atoms with Crippen LogP contribution >= 0.6 is 38.9 Å². The van der Waals surface area contributed by atoms with Gasteiger partial charge in [-0.15, -0.1) is 11.3 Å². The molecule has 0 amide bonds. The van der Waals surface area contributed by atoms with E-state index in [1.165, 1.54) is 11.3 Å². The molecule has 0 spiro atoms. The standard InChI is InChI=1S/C11H5BrClFO2S/c12-8-4-3-7(17-8)11(16)9-5(14)1-2-6(15)10(9)13/h1-4,15H. The highest BCUT2D eigenvalue weighted by molar-refractivity contribution is 9.11. The van der Waals surface area contributed by atoms with Crippen molar-refractivity contribution in [2.24, 2.45) is 0 Å². The lowest BCUT2D eigenvalue weighted by molar-refractivity contribution is 0.103. The summed E-state index contributed by atoms with van der Waals surface area (Å²) < 4.78 is 14.3. The Morgan fingerprint density at radius 2 is 2.06 bits per heavy atom. The van der Waals surface area contributed by atoms with Gasteiger partial charge in [0.05, 0.1) is 19.2 Å². The van der Waals surface area contributed by atoms with Crippen molar-refractivity contribution in [1.29, 1.82) is 0 Å². The number of carbonyl (C=O) groups is 1. The van der Waals surface area contributed by atoms with Crippen molar-refractivity contribution < 1.29 is 14.3 Å². The molecule has 0 fully saturated rings. The van der Waals surface area contributed by atoms with E-state index in [1.54, 1.807) is 12.1 Å². The van der Waals surface area contributed by atoms with Gasteiger partial charge >= 0.3 is 0 Å². The quantitative estimate of drug-likeness (QED) is 0.834. The zero-order valence-electron chi connectivity index (χ0n) is 8.21. The average molecular weight is 336 g/mol. The van der Waals surface area contributed by atoms with Gasteiger partial charge in [-0.2, -0.15) is 0 Å². The first kappa shape index (κ1) is 12.5. The van der Waals surface area contributed by atoms with Crippen molar-refractivity contribution in [3.63, 3.8) is 0 Å². The third kappa shape index (κ3) is 2.36. The zero-order valence-corrected chi connectivity index (χ0v) is 11.4. The third-order valence-corrected chi connectivity index (χ3v) is 4.10. The Kier molecular flexibility index (Phi) is 3.51. The molecule has 0 saturated carbocycles. The minimum atomic E-state index is -0.748. The molecule has 1 aromatic carbocycles. The van der Waals surface area contributed by atoms with Crippen LogP contribution in [0.15, 0.2) is 28.1 Å². The Balaban J connectivity index is 2.54. The van der Waals surface area contributed by atoms with Gasteiger partial charge < -0.3 is 5.11 Å². The van der Waals surface area contributed by atoms with Crippen molar-refractivity contribution >= 4 is 44.7 Å². The fraction of sp³-hybridized carbons (Fsp3) is 0. The van der Waals surface area contributed by atoms with E-state index in [0.717, 1.165) is 15.9 Å². The fourth-order valence-corrected chi connectivity index (χ4v) is 2.88. The Morgan fingerprint density at radius 1 is 1.35 bits per heavy atom. The van der Waals surface area contributed by atoms with Gasteiger partial charge in [-0.25, -0.2) is 4.39 Å². The van der Waals surface area contributed by atoms with E-state index < -0.39 is 11.6 Å². The van der Waals surface area contributed by atoms with Crippen LogP contribution in [0.4, 0.5) is 4.39 Å². The number of halogens is 3. The van der Waals surface area contributed by atoms with Crippen molar-refractivity contribution in [2.45, 2.75) is 0 Å². The van der Waals surface area contributed by atoms with Gasteiger partial charge in [0.15, 0.2) is 0 Å². The second-order valence-electron chi connectivity index (χ2n) is 3.19. The molecule has 2 nitrogen and oxygen atoms in total. The maximum absolute atomic E-state index is 13.5. The highest BCUT2D eigenvalue weighted by atomic mass is 79.9. The van der Waals surface area contributed by atoms with Gasteiger partial charge in [0.2, 0.25) is 5.78 Å². The highest BCUT2D eigenvalue weighted by Gasteiger charge is 2.21. The number of hydrogen-bond acceptors (Lipinski definition) is 3. The molecular formula is C11H5BrClFO2S. The number of aromatic hydroxyl groups is 1. The number of rotatable bonds is 2. The van der Waals surface area contributed by atoms with Crippen molar-refractivity contribution in [1.82, 2.24) is 0 Å². The first-order chi connectivity index (χ1) is 8.00. The molecule has 0 aliphatic heterocycles. The van der Waals surface area contributed by atoms with E-state index in [-0.39, 0.29) is 16.3 Å². The molecule has 0 saturated heterocycles. The van der Waals surface area contributed by atoms with Crippen LogP contribution in [0.1, 0.15) is 15.2 Å². The summed E-state index contributed by atoms with van der Waals surface area (Å²) in [5.41, 5.74) is -0.305. The Bertz CT molecular complexity index is 597. The summed E-state index contributed by atoms with van der Waals surface area (Å²) in [6.07, 6.45) is 0. The Hall–Kier alpha value is -0.910. The number of benzene rings is 1. The predicted octanol–water partition coefficient (Wildman–Crippen LogP) is 4.24. The second kappa shape index (κ2) is 4.76. The van der Waals surface area contributed by atoms with Crippen molar-refractivity contribution in [3.05, 3.63) is 49.3 Å². The van der Waals surface area contributed by atoms with Gasteiger partial charge in [0, 0.05) is 0 Å². The van der Waals surface area contributed by atoms with Crippen LogP contribution in [0.5, 0.6) is 5.75 Å². The number of phenols is 1. The largest absolute Gasteiger partial charge is 0.506 e. The maximum Gasteiger partial charge on any atom is 0.207 e. The van der Waals surface area contributed by atoms with Gasteiger partial charge in [-0.05, 0) is 40.2 Å². The summed E-state index contributed by atoms with van der Waals surface area (Å²) in [5.74, 6) is -1.60. The molecule has 88 valence electrons. The molecule has 1 N–H and O–H groups in total. The predicted molar refractivity (Wildman–Crippen MR) is 68.5 cm³/mol. The van der Waals surface area contributed by atoms with Gasteiger partial charge in [-0.1, -0.05) is 11.6 Å². The van der Waals surface area contributed by atoms with Crippen LogP contribution in [0, 0.1) is 5.82 Å². The third-order valence-electron chi connectivity index (χ3n) is 2.09. The van der Waals surface area contributed by atoms with Crippen LogP contribution in [0.25, 0.3) is 0 Å². The maximum atomic E-state index is 13.5. The average Bonchev–Trinajstić information content (AvgIpc) is 2.71. The number of ketones is 1. The van der Waals surface area contributed by atoms with Crippen LogP contribution in [0.2, 0.25) is 5.02 Å². The van der Waals surface area contributed by atoms with Crippen LogP contribution in [0.3, 0.4) is 0 Å². The summed E-state index contributed by atoms with van der Waals surface area (Å²) >= 11 is 10.1. The topological polar surface area (TPSA) is 37.3 Å².